The Morgan fingerprint density at radius 3 is 2.85 bits per heavy atom. The van der Waals surface area contributed by atoms with Crippen LogP contribution >= 0.6 is 0 Å². The Bertz CT molecular complexity index is 261. The van der Waals surface area contributed by atoms with Crippen molar-refractivity contribution < 1.29 is 0 Å². The van der Waals surface area contributed by atoms with E-state index < -0.39 is 0 Å². The number of rotatable bonds is 2. The fourth-order valence-corrected chi connectivity index (χ4v) is 1.95. The van der Waals surface area contributed by atoms with Crippen molar-refractivity contribution in [2.75, 3.05) is 13.1 Å². The molecular formula is C10H17N3. The first-order valence-corrected chi connectivity index (χ1v) is 5.06. The topological polar surface area (TPSA) is 40.7 Å². The lowest BCUT2D eigenvalue weighted by Gasteiger charge is -2.22. The summed E-state index contributed by atoms with van der Waals surface area (Å²) in [6.07, 6.45) is 5.70. The summed E-state index contributed by atoms with van der Waals surface area (Å²) in [6.45, 7) is 4.48. The molecule has 3 nitrogen and oxygen atoms in total. The number of aromatic nitrogens is 2. The predicted molar refractivity (Wildman–Crippen MR) is 52.6 cm³/mol. The van der Waals surface area contributed by atoms with Gasteiger partial charge in [0.1, 0.15) is 0 Å². The minimum Gasteiger partial charge on any atom is -0.317 e. The van der Waals surface area contributed by atoms with Crippen molar-refractivity contribution in [2.45, 2.75) is 26.2 Å². The molecule has 1 aliphatic heterocycles. The lowest BCUT2D eigenvalue weighted by molar-refractivity contribution is 0.369. The van der Waals surface area contributed by atoms with Gasteiger partial charge in [0.15, 0.2) is 0 Å². The first kappa shape index (κ1) is 8.75. The van der Waals surface area contributed by atoms with Gasteiger partial charge in [-0.2, -0.15) is 5.10 Å². The number of H-pyrrole nitrogens is 1. The van der Waals surface area contributed by atoms with Crippen LogP contribution in [0.2, 0.25) is 0 Å². The van der Waals surface area contributed by atoms with Crippen LogP contribution in [0.25, 0.3) is 0 Å². The van der Waals surface area contributed by atoms with Crippen molar-refractivity contribution in [2.24, 2.45) is 5.92 Å². The molecular weight excluding hydrogens is 162 g/mol. The van der Waals surface area contributed by atoms with Gasteiger partial charge >= 0.3 is 0 Å². The van der Waals surface area contributed by atoms with E-state index in [-0.39, 0.29) is 0 Å². The Kier molecular flexibility index (Phi) is 2.64. The van der Waals surface area contributed by atoms with Gasteiger partial charge in [0.25, 0.3) is 0 Å². The Labute approximate surface area is 78.9 Å². The summed E-state index contributed by atoms with van der Waals surface area (Å²) in [7, 11) is 0. The van der Waals surface area contributed by atoms with E-state index in [4.69, 9.17) is 0 Å². The number of hydrogen-bond donors (Lipinski definition) is 2. The highest BCUT2D eigenvalue weighted by Gasteiger charge is 2.14. The zero-order valence-electron chi connectivity index (χ0n) is 8.14. The van der Waals surface area contributed by atoms with E-state index in [1.54, 1.807) is 0 Å². The van der Waals surface area contributed by atoms with Crippen molar-refractivity contribution in [1.29, 1.82) is 0 Å². The minimum atomic E-state index is 0.848. The maximum absolute atomic E-state index is 4.05. The summed E-state index contributed by atoms with van der Waals surface area (Å²) in [6, 6.07) is 0. The number of aryl methyl sites for hydroxylation is 1. The van der Waals surface area contributed by atoms with Gasteiger partial charge in [0.2, 0.25) is 0 Å². The summed E-state index contributed by atoms with van der Waals surface area (Å²) in [5, 5.41) is 10.5. The molecule has 2 heterocycles. The molecule has 13 heavy (non-hydrogen) atoms. The molecule has 0 spiro atoms. The highest BCUT2D eigenvalue weighted by Crippen LogP contribution is 2.18. The molecule has 1 aliphatic rings. The van der Waals surface area contributed by atoms with Gasteiger partial charge in [-0.1, -0.05) is 0 Å². The quantitative estimate of drug-likeness (QED) is 0.717. The summed E-state index contributed by atoms with van der Waals surface area (Å²) in [5.74, 6) is 0.848. The van der Waals surface area contributed by atoms with E-state index in [2.05, 4.69) is 22.4 Å². The number of nitrogens with one attached hydrogen (secondary N) is 2. The van der Waals surface area contributed by atoms with Crippen molar-refractivity contribution in [3.63, 3.8) is 0 Å². The molecule has 0 aliphatic carbocycles. The van der Waals surface area contributed by atoms with Crippen molar-refractivity contribution in [3.8, 4) is 0 Å². The molecule has 2 N–H and O–H groups in total. The predicted octanol–water partition coefficient (Wildman–Crippen LogP) is 1.26. The normalized spacial score (nSPS) is 19.2. The Balaban J connectivity index is 1.93. The zero-order chi connectivity index (χ0) is 9.10. The highest BCUT2D eigenvalue weighted by atomic mass is 15.1. The van der Waals surface area contributed by atoms with Gasteiger partial charge in [0, 0.05) is 5.69 Å². The first-order valence-electron chi connectivity index (χ1n) is 5.06. The first-order chi connectivity index (χ1) is 6.36. The van der Waals surface area contributed by atoms with Crippen LogP contribution in [-0.4, -0.2) is 23.3 Å². The molecule has 0 atom stereocenters. The molecule has 0 unspecified atom stereocenters. The van der Waals surface area contributed by atoms with Crippen LogP contribution in [0.15, 0.2) is 6.20 Å². The zero-order valence-corrected chi connectivity index (χ0v) is 8.14. The second-order valence-electron chi connectivity index (χ2n) is 3.93. The van der Waals surface area contributed by atoms with Crippen molar-refractivity contribution in [3.05, 3.63) is 17.5 Å². The van der Waals surface area contributed by atoms with E-state index in [1.807, 2.05) is 6.20 Å². The molecule has 1 aromatic rings. The van der Waals surface area contributed by atoms with Crippen LogP contribution in [-0.2, 0) is 6.42 Å². The fourth-order valence-electron chi connectivity index (χ4n) is 1.95. The molecule has 0 saturated carbocycles. The number of hydrogen-bond acceptors (Lipinski definition) is 2. The molecule has 2 rings (SSSR count). The van der Waals surface area contributed by atoms with Gasteiger partial charge in [-0.25, -0.2) is 0 Å². The van der Waals surface area contributed by atoms with Crippen LogP contribution in [0, 0.1) is 12.8 Å². The minimum absolute atomic E-state index is 0.848. The molecule has 1 aromatic heterocycles. The summed E-state index contributed by atoms with van der Waals surface area (Å²) in [5.41, 5.74) is 2.63. The third kappa shape index (κ3) is 2.10. The van der Waals surface area contributed by atoms with Gasteiger partial charge in [-0.05, 0) is 50.8 Å². The molecule has 0 aromatic carbocycles. The molecule has 72 valence electrons. The second kappa shape index (κ2) is 3.92. The third-order valence-electron chi connectivity index (χ3n) is 2.89. The van der Waals surface area contributed by atoms with Crippen LogP contribution in [0.1, 0.15) is 24.1 Å². The average Bonchev–Trinajstić information content (AvgIpc) is 2.54. The maximum Gasteiger partial charge on any atom is 0.0519 e. The van der Waals surface area contributed by atoms with E-state index in [9.17, 15) is 0 Å². The molecule has 1 fully saturated rings. The lowest BCUT2D eigenvalue weighted by atomic mass is 9.92. The molecule has 1 saturated heterocycles. The number of nitrogens with zero attached hydrogens (tertiary/aromatic N) is 1. The third-order valence-corrected chi connectivity index (χ3v) is 2.89. The summed E-state index contributed by atoms with van der Waals surface area (Å²) < 4.78 is 0. The van der Waals surface area contributed by atoms with Crippen LogP contribution < -0.4 is 5.32 Å². The fraction of sp³-hybridized carbons (Fsp3) is 0.700. The van der Waals surface area contributed by atoms with Crippen LogP contribution in [0.3, 0.4) is 0 Å². The van der Waals surface area contributed by atoms with E-state index in [1.165, 1.54) is 43.6 Å². The smallest absolute Gasteiger partial charge is 0.0519 e. The molecule has 0 radical (unpaired) electrons. The second-order valence-corrected chi connectivity index (χ2v) is 3.93. The van der Waals surface area contributed by atoms with Gasteiger partial charge in [0.05, 0.1) is 6.20 Å². The SMILES string of the molecule is Cc1cn[nH]c1CC1CCNCC1. The molecule has 0 amide bonds. The van der Waals surface area contributed by atoms with E-state index in [0.717, 1.165) is 5.92 Å². The Morgan fingerprint density at radius 2 is 2.23 bits per heavy atom. The van der Waals surface area contributed by atoms with Crippen LogP contribution in [0.4, 0.5) is 0 Å². The lowest BCUT2D eigenvalue weighted by Crippen LogP contribution is -2.28. The number of piperidine rings is 1. The average molecular weight is 179 g/mol. The Hall–Kier alpha value is -0.830. The molecule has 0 bridgehead atoms. The van der Waals surface area contributed by atoms with Crippen molar-refractivity contribution in [1.82, 2.24) is 15.5 Å². The summed E-state index contributed by atoms with van der Waals surface area (Å²) in [4.78, 5) is 0. The maximum atomic E-state index is 4.05. The Morgan fingerprint density at radius 1 is 1.46 bits per heavy atom. The monoisotopic (exact) mass is 179 g/mol. The molecule has 3 heteroatoms. The standard InChI is InChI=1S/C10H17N3/c1-8-7-12-13-10(8)6-9-2-4-11-5-3-9/h7,9,11H,2-6H2,1H3,(H,12,13). The van der Waals surface area contributed by atoms with E-state index in [0.29, 0.717) is 0 Å². The number of aromatic amines is 1. The van der Waals surface area contributed by atoms with E-state index >= 15 is 0 Å². The highest BCUT2D eigenvalue weighted by molar-refractivity contribution is 5.14. The van der Waals surface area contributed by atoms with Gasteiger partial charge in [-0.3, -0.25) is 5.10 Å². The van der Waals surface area contributed by atoms with Crippen molar-refractivity contribution >= 4 is 0 Å². The largest absolute Gasteiger partial charge is 0.317 e. The van der Waals surface area contributed by atoms with Gasteiger partial charge in [-0.15, -0.1) is 0 Å². The summed E-state index contributed by atoms with van der Waals surface area (Å²) >= 11 is 0. The van der Waals surface area contributed by atoms with Gasteiger partial charge < -0.3 is 5.32 Å². The van der Waals surface area contributed by atoms with Crippen LogP contribution in [0.5, 0.6) is 0 Å².